The Balaban J connectivity index is 2.45. The number of carbonyl (C=O) groups is 2. The summed E-state index contributed by atoms with van der Waals surface area (Å²) in [6.07, 6.45) is 3.07. The van der Waals surface area contributed by atoms with E-state index in [0.717, 1.165) is 5.56 Å². The zero-order valence-corrected chi connectivity index (χ0v) is 13.7. The van der Waals surface area contributed by atoms with E-state index in [2.05, 4.69) is 5.32 Å². The van der Waals surface area contributed by atoms with Crippen LogP contribution in [0.2, 0.25) is 5.02 Å². The maximum absolute atomic E-state index is 12.2. The van der Waals surface area contributed by atoms with Crippen molar-refractivity contribution in [1.82, 2.24) is 5.32 Å². The van der Waals surface area contributed by atoms with Crippen LogP contribution in [0.4, 0.5) is 0 Å². The van der Waals surface area contributed by atoms with Gasteiger partial charge in [-0.15, -0.1) is 0 Å². The number of ether oxygens (including phenoxy) is 2. The lowest BCUT2D eigenvalue weighted by Crippen LogP contribution is -2.27. The van der Waals surface area contributed by atoms with Crippen LogP contribution in [-0.2, 0) is 19.1 Å². The van der Waals surface area contributed by atoms with Crippen LogP contribution in [0.15, 0.2) is 47.8 Å². The number of hydrogen-bond donors (Lipinski definition) is 1. The molecular weight excluding hydrogens is 318 g/mol. The molecule has 0 saturated carbocycles. The van der Waals surface area contributed by atoms with Crippen molar-refractivity contribution < 1.29 is 19.1 Å². The second-order valence-corrected chi connectivity index (χ2v) is 5.23. The standard InChI is InChI=1S/C17H18ClNO4/c1-3-22-16(20)13-9-19-10-14(17(21)23-4-2)15(13)11-6-5-7-12(18)8-11/h5-10,15,19H,3-4H2,1-2H3. The van der Waals surface area contributed by atoms with Gasteiger partial charge in [0.1, 0.15) is 0 Å². The van der Waals surface area contributed by atoms with Crippen molar-refractivity contribution in [3.8, 4) is 0 Å². The topological polar surface area (TPSA) is 64.6 Å². The van der Waals surface area contributed by atoms with Gasteiger partial charge in [0.15, 0.2) is 0 Å². The van der Waals surface area contributed by atoms with Gasteiger partial charge in [0.05, 0.1) is 30.3 Å². The van der Waals surface area contributed by atoms with Gasteiger partial charge < -0.3 is 14.8 Å². The van der Waals surface area contributed by atoms with Gasteiger partial charge in [0.25, 0.3) is 0 Å². The van der Waals surface area contributed by atoms with E-state index in [-0.39, 0.29) is 13.2 Å². The van der Waals surface area contributed by atoms with Crippen LogP contribution in [0.25, 0.3) is 0 Å². The average molecular weight is 336 g/mol. The molecule has 23 heavy (non-hydrogen) atoms. The quantitative estimate of drug-likeness (QED) is 0.838. The lowest BCUT2D eigenvalue weighted by Gasteiger charge is -2.25. The van der Waals surface area contributed by atoms with Crippen molar-refractivity contribution in [2.75, 3.05) is 13.2 Å². The van der Waals surface area contributed by atoms with E-state index in [1.807, 2.05) is 6.07 Å². The van der Waals surface area contributed by atoms with Crippen molar-refractivity contribution in [1.29, 1.82) is 0 Å². The molecule has 0 fully saturated rings. The molecule has 5 nitrogen and oxygen atoms in total. The summed E-state index contributed by atoms with van der Waals surface area (Å²) in [5.74, 6) is -1.56. The number of rotatable bonds is 5. The SMILES string of the molecule is CCOC(=O)C1=CNC=C(C(=O)OCC)C1c1cccc(Cl)c1. The van der Waals surface area contributed by atoms with E-state index in [4.69, 9.17) is 21.1 Å². The molecule has 0 radical (unpaired) electrons. The van der Waals surface area contributed by atoms with Crippen LogP contribution in [0.3, 0.4) is 0 Å². The molecule has 0 aromatic heterocycles. The summed E-state index contributed by atoms with van der Waals surface area (Å²) in [5.41, 5.74) is 1.39. The number of benzene rings is 1. The molecule has 1 aromatic carbocycles. The number of halogens is 1. The lowest BCUT2D eigenvalue weighted by atomic mass is 9.84. The van der Waals surface area contributed by atoms with Gasteiger partial charge in [-0.1, -0.05) is 23.7 Å². The summed E-state index contributed by atoms with van der Waals surface area (Å²) in [4.78, 5) is 24.5. The maximum Gasteiger partial charge on any atom is 0.336 e. The van der Waals surface area contributed by atoms with Crippen molar-refractivity contribution in [2.24, 2.45) is 0 Å². The minimum atomic E-state index is -0.590. The molecular formula is C17H18ClNO4. The molecule has 0 atom stereocenters. The normalized spacial score (nSPS) is 14.4. The molecule has 0 aliphatic carbocycles. The molecule has 1 aliphatic rings. The van der Waals surface area contributed by atoms with E-state index in [1.54, 1.807) is 32.0 Å². The van der Waals surface area contributed by atoms with E-state index in [0.29, 0.717) is 16.2 Å². The van der Waals surface area contributed by atoms with Gasteiger partial charge in [-0.3, -0.25) is 0 Å². The minimum Gasteiger partial charge on any atom is -0.463 e. The molecule has 1 heterocycles. The maximum atomic E-state index is 12.2. The first kappa shape index (κ1) is 17.1. The van der Waals surface area contributed by atoms with Crippen molar-refractivity contribution in [3.63, 3.8) is 0 Å². The third-order valence-corrected chi connectivity index (χ3v) is 3.54. The largest absolute Gasteiger partial charge is 0.463 e. The smallest absolute Gasteiger partial charge is 0.336 e. The molecule has 2 rings (SSSR count). The van der Waals surface area contributed by atoms with Gasteiger partial charge in [-0.2, -0.15) is 0 Å². The summed E-state index contributed by atoms with van der Waals surface area (Å²) < 4.78 is 10.2. The Hall–Kier alpha value is -2.27. The van der Waals surface area contributed by atoms with Crippen LogP contribution >= 0.6 is 11.6 Å². The van der Waals surface area contributed by atoms with Crippen LogP contribution in [-0.4, -0.2) is 25.2 Å². The Kier molecular flexibility index (Phi) is 5.82. The first-order chi connectivity index (χ1) is 11.1. The van der Waals surface area contributed by atoms with E-state index in [9.17, 15) is 9.59 Å². The average Bonchev–Trinajstić information content (AvgIpc) is 2.54. The van der Waals surface area contributed by atoms with Crippen molar-refractivity contribution in [3.05, 3.63) is 58.4 Å². The summed E-state index contributed by atoms with van der Waals surface area (Å²) in [7, 11) is 0. The number of dihydropyridines is 1. The molecule has 1 aliphatic heterocycles. The van der Waals surface area contributed by atoms with Gasteiger partial charge in [0, 0.05) is 17.4 Å². The monoisotopic (exact) mass is 335 g/mol. The Morgan fingerprint density at radius 3 is 2.13 bits per heavy atom. The first-order valence-corrected chi connectivity index (χ1v) is 7.72. The third kappa shape index (κ3) is 3.93. The highest BCUT2D eigenvalue weighted by molar-refractivity contribution is 6.30. The fourth-order valence-electron chi connectivity index (χ4n) is 2.38. The first-order valence-electron chi connectivity index (χ1n) is 7.34. The Labute approximate surface area is 139 Å². The zero-order valence-electron chi connectivity index (χ0n) is 13.0. The van der Waals surface area contributed by atoms with Crippen molar-refractivity contribution in [2.45, 2.75) is 19.8 Å². The number of nitrogens with one attached hydrogen (secondary N) is 1. The lowest BCUT2D eigenvalue weighted by molar-refractivity contribution is -0.139. The summed E-state index contributed by atoms with van der Waals surface area (Å²) in [5, 5.41) is 3.34. The van der Waals surface area contributed by atoms with Gasteiger partial charge in [-0.25, -0.2) is 9.59 Å². The minimum absolute atomic E-state index is 0.247. The summed E-state index contributed by atoms with van der Waals surface area (Å²) >= 11 is 6.05. The second-order valence-electron chi connectivity index (χ2n) is 4.79. The fourth-order valence-corrected chi connectivity index (χ4v) is 2.58. The number of hydrogen-bond acceptors (Lipinski definition) is 5. The molecule has 6 heteroatoms. The van der Waals surface area contributed by atoms with Gasteiger partial charge >= 0.3 is 11.9 Å². The van der Waals surface area contributed by atoms with Gasteiger partial charge in [-0.05, 0) is 31.5 Å². The molecule has 0 spiro atoms. The predicted octanol–water partition coefficient (Wildman–Crippen LogP) is 2.92. The van der Waals surface area contributed by atoms with E-state index < -0.39 is 17.9 Å². The molecule has 1 aromatic rings. The van der Waals surface area contributed by atoms with E-state index >= 15 is 0 Å². The third-order valence-electron chi connectivity index (χ3n) is 3.30. The van der Waals surface area contributed by atoms with Crippen LogP contribution in [0.5, 0.6) is 0 Å². The van der Waals surface area contributed by atoms with Gasteiger partial charge in [0.2, 0.25) is 0 Å². The fraction of sp³-hybridized carbons (Fsp3) is 0.294. The highest BCUT2D eigenvalue weighted by atomic mass is 35.5. The second kappa shape index (κ2) is 7.83. The molecule has 0 amide bonds. The number of esters is 2. The highest BCUT2D eigenvalue weighted by Crippen LogP contribution is 2.35. The Morgan fingerprint density at radius 1 is 1.09 bits per heavy atom. The number of carbonyl (C=O) groups excluding carboxylic acids is 2. The molecule has 0 saturated heterocycles. The molecule has 0 unspecified atom stereocenters. The molecule has 1 N–H and O–H groups in total. The van der Waals surface area contributed by atoms with Crippen molar-refractivity contribution >= 4 is 23.5 Å². The predicted molar refractivity (Wildman–Crippen MR) is 86.8 cm³/mol. The zero-order chi connectivity index (χ0) is 16.8. The van der Waals surface area contributed by atoms with Crippen LogP contribution in [0, 0.1) is 0 Å². The summed E-state index contributed by atoms with van der Waals surface area (Å²) in [6.45, 7) is 3.95. The Morgan fingerprint density at radius 2 is 1.65 bits per heavy atom. The van der Waals surface area contributed by atoms with Crippen LogP contribution < -0.4 is 5.32 Å². The molecule has 0 bridgehead atoms. The highest BCUT2D eigenvalue weighted by Gasteiger charge is 2.33. The summed E-state index contributed by atoms with van der Waals surface area (Å²) in [6, 6.07) is 7.03. The molecule has 122 valence electrons. The Bertz CT molecular complexity index is 632. The van der Waals surface area contributed by atoms with Crippen LogP contribution in [0.1, 0.15) is 25.3 Å². The van der Waals surface area contributed by atoms with E-state index in [1.165, 1.54) is 12.4 Å².